The number of carbonyl (C=O) groups excluding carboxylic acids is 1. The summed E-state index contributed by atoms with van der Waals surface area (Å²) in [4.78, 5) is 15.2. The fourth-order valence-electron chi connectivity index (χ4n) is 1.70. The first-order chi connectivity index (χ1) is 7.99. The highest BCUT2D eigenvalue weighted by molar-refractivity contribution is 5.77. The molecule has 1 saturated heterocycles. The van der Waals surface area contributed by atoms with Crippen molar-refractivity contribution in [2.45, 2.75) is 6.42 Å². The summed E-state index contributed by atoms with van der Waals surface area (Å²) < 4.78 is 0. The Morgan fingerprint density at radius 1 is 1.24 bits per heavy atom. The van der Waals surface area contributed by atoms with Gasteiger partial charge in [0.2, 0.25) is 5.91 Å². The van der Waals surface area contributed by atoms with Crippen LogP contribution in [0.15, 0.2) is 36.6 Å². The highest BCUT2D eigenvalue weighted by atomic mass is 16.1. The van der Waals surface area contributed by atoms with Gasteiger partial charge in [0, 0.05) is 31.9 Å². The first kappa shape index (κ1) is 13.5. The molecule has 0 bridgehead atoms. The Morgan fingerprint density at radius 3 is 2.35 bits per heavy atom. The standard InChI is InChI=1S/C13H21N3O/c1-11(10-13(14)17)4-5-12(2)16-8-6-15(3)7-9-16/h4-5H,1-2,6-10H2,3H3,(H2,14,17)/b5-4-. The zero-order valence-corrected chi connectivity index (χ0v) is 10.5. The van der Waals surface area contributed by atoms with Crippen LogP contribution in [0.1, 0.15) is 6.42 Å². The van der Waals surface area contributed by atoms with Gasteiger partial charge in [-0.3, -0.25) is 4.79 Å². The summed E-state index contributed by atoms with van der Waals surface area (Å²) in [6.07, 6.45) is 3.91. The summed E-state index contributed by atoms with van der Waals surface area (Å²) in [5.41, 5.74) is 6.76. The SMILES string of the molecule is C=C(/C=C\C(=C)N1CCN(C)CC1)CC(N)=O. The van der Waals surface area contributed by atoms with Crippen molar-refractivity contribution in [2.75, 3.05) is 33.2 Å². The lowest BCUT2D eigenvalue weighted by molar-refractivity contribution is -0.117. The third-order valence-corrected chi connectivity index (χ3v) is 2.82. The van der Waals surface area contributed by atoms with Crippen LogP contribution in [0.4, 0.5) is 0 Å². The van der Waals surface area contributed by atoms with Gasteiger partial charge < -0.3 is 15.5 Å². The average Bonchev–Trinajstić information content (AvgIpc) is 2.26. The number of allylic oxidation sites excluding steroid dienone is 2. The van der Waals surface area contributed by atoms with Crippen LogP contribution in [0.2, 0.25) is 0 Å². The Hall–Kier alpha value is -1.55. The summed E-state index contributed by atoms with van der Waals surface area (Å²) in [7, 11) is 2.12. The van der Waals surface area contributed by atoms with Gasteiger partial charge >= 0.3 is 0 Å². The Bertz CT molecular complexity index is 339. The van der Waals surface area contributed by atoms with E-state index < -0.39 is 0 Å². The maximum absolute atomic E-state index is 10.7. The van der Waals surface area contributed by atoms with E-state index >= 15 is 0 Å². The number of nitrogens with zero attached hydrogens (tertiary/aromatic N) is 2. The van der Waals surface area contributed by atoms with Gasteiger partial charge in [0.15, 0.2) is 0 Å². The molecule has 0 aromatic carbocycles. The predicted molar refractivity (Wildman–Crippen MR) is 70.3 cm³/mol. The highest BCUT2D eigenvalue weighted by Crippen LogP contribution is 2.09. The van der Waals surface area contributed by atoms with Crippen LogP contribution in [-0.4, -0.2) is 48.9 Å². The number of amides is 1. The molecule has 1 heterocycles. The lowest BCUT2D eigenvalue weighted by Crippen LogP contribution is -2.43. The van der Waals surface area contributed by atoms with Gasteiger partial charge in [0.05, 0.1) is 6.42 Å². The quantitative estimate of drug-likeness (QED) is 0.715. The molecule has 17 heavy (non-hydrogen) atoms. The lowest BCUT2D eigenvalue weighted by Gasteiger charge is -2.34. The first-order valence-electron chi connectivity index (χ1n) is 5.75. The van der Waals surface area contributed by atoms with Gasteiger partial charge in [-0.05, 0) is 18.7 Å². The minimum absolute atomic E-state index is 0.201. The zero-order valence-electron chi connectivity index (χ0n) is 10.5. The maximum atomic E-state index is 10.7. The molecule has 4 nitrogen and oxygen atoms in total. The van der Waals surface area contributed by atoms with Crippen molar-refractivity contribution in [2.24, 2.45) is 5.73 Å². The van der Waals surface area contributed by atoms with E-state index in [4.69, 9.17) is 5.73 Å². The predicted octanol–water partition coefficient (Wildman–Crippen LogP) is 0.735. The summed E-state index contributed by atoms with van der Waals surface area (Å²) in [5, 5.41) is 0. The number of rotatable bonds is 5. The van der Waals surface area contributed by atoms with Crippen molar-refractivity contribution < 1.29 is 4.79 Å². The maximum Gasteiger partial charge on any atom is 0.221 e. The van der Waals surface area contributed by atoms with Crippen LogP contribution in [0.25, 0.3) is 0 Å². The van der Waals surface area contributed by atoms with Crippen LogP contribution in [0, 0.1) is 0 Å². The Labute approximate surface area is 103 Å². The van der Waals surface area contributed by atoms with E-state index in [2.05, 4.69) is 30.0 Å². The van der Waals surface area contributed by atoms with Crippen molar-refractivity contribution >= 4 is 5.91 Å². The monoisotopic (exact) mass is 235 g/mol. The van der Waals surface area contributed by atoms with Crippen LogP contribution < -0.4 is 5.73 Å². The number of hydrogen-bond donors (Lipinski definition) is 1. The van der Waals surface area contributed by atoms with Crippen molar-refractivity contribution in [3.63, 3.8) is 0 Å². The molecular weight excluding hydrogens is 214 g/mol. The normalized spacial score (nSPS) is 17.4. The fraction of sp³-hybridized carbons (Fsp3) is 0.462. The van der Waals surface area contributed by atoms with E-state index in [1.54, 1.807) is 0 Å². The van der Waals surface area contributed by atoms with Gasteiger partial charge in [-0.25, -0.2) is 0 Å². The molecule has 2 N–H and O–H groups in total. The van der Waals surface area contributed by atoms with Gasteiger partial charge in [0.1, 0.15) is 0 Å². The van der Waals surface area contributed by atoms with Gasteiger partial charge in [-0.15, -0.1) is 0 Å². The molecule has 1 fully saturated rings. The van der Waals surface area contributed by atoms with Gasteiger partial charge in [-0.1, -0.05) is 19.2 Å². The van der Waals surface area contributed by atoms with Crippen molar-refractivity contribution in [3.05, 3.63) is 36.6 Å². The molecule has 1 amide bonds. The average molecular weight is 235 g/mol. The first-order valence-corrected chi connectivity index (χ1v) is 5.75. The molecule has 0 spiro atoms. The van der Waals surface area contributed by atoms with Crippen LogP contribution in [-0.2, 0) is 4.79 Å². The smallest absolute Gasteiger partial charge is 0.221 e. The fourth-order valence-corrected chi connectivity index (χ4v) is 1.70. The molecule has 94 valence electrons. The van der Waals surface area contributed by atoms with E-state index in [1.165, 1.54) is 0 Å². The Balaban J connectivity index is 2.40. The largest absolute Gasteiger partial charge is 0.369 e. The number of likely N-dealkylation sites (N-methyl/N-ethyl adjacent to an activating group) is 1. The third-order valence-electron chi connectivity index (χ3n) is 2.82. The van der Waals surface area contributed by atoms with Crippen LogP contribution >= 0.6 is 0 Å². The van der Waals surface area contributed by atoms with E-state index in [0.29, 0.717) is 5.57 Å². The van der Waals surface area contributed by atoms with E-state index in [0.717, 1.165) is 31.9 Å². The molecule has 0 aliphatic carbocycles. The molecule has 1 aliphatic heterocycles. The second kappa shape index (κ2) is 6.25. The summed E-state index contributed by atoms with van der Waals surface area (Å²) in [6, 6.07) is 0. The number of piperazine rings is 1. The molecule has 0 atom stereocenters. The molecule has 4 heteroatoms. The molecule has 0 aromatic heterocycles. The van der Waals surface area contributed by atoms with E-state index in [1.807, 2.05) is 12.2 Å². The number of hydrogen-bond acceptors (Lipinski definition) is 3. The van der Waals surface area contributed by atoms with Crippen LogP contribution in [0.5, 0.6) is 0 Å². The molecule has 0 unspecified atom stereocenters. The lowest BCUT2D eigenvalue weighted by atomic mass is 10.2. The summed E-state index contributed by atoms with van der Waals surface area (Å²) in [6.45, 7) is 11.9. The molecular formula is C13H21N3O. The van der Waals surface area contributed by atoms with Crippen molar-refractivity contribution in [3.8, 4) is 0 Å². The number of carbonyl (C=O) groups is 1. The minimum atomic E-state index is -0.357. The molecule has 0 radical (unpaired) electrons. The number of nitrogens with two attached hydrogens (primary N) is 1. The van der Waals surface area contributed by atoms with Crippen molar-refractivity contribution in [1.82, 2.24) is 9.80 Å². The third kappa shape index (κ3) is 4.87. The van der Waals surface area contributed by atoms with Crippen LogP contribution in [0.3, 0.4) is 0 Å². The van der Waals surface area contributed by atoms with Gasteiger partial charge in [-0.2, -0.15) is 0 Å². The number of primary amides is 1. The topological polar surface area (TPSA) is 49.6 Å². The molecule has 1 rings (SSSR count). The van der Waals surface area contributed by atoms with Gasteiger partial charge in [0.25, 0.3) is 0 Å². The van der Waals surface area contributed by atoms with E-state index in [-0.39, 0.29) is 12.3 Å². The minimum Gasteiger partial charge on any atom is -0.369 e. The molecule has 0 aromatic rings. The van der Waals surface area contributed by atoms with E-state index in [9.17, 15) is 4.79 Å². The Morgan fingerprint density at radius 2 is 1.82 bits per heavy atom. The second-order valence-corrected chi connectivity index (χ2v) is 4.42. The van der Waals surface area contributed by atoms with Crippen molar-refractivity contribution in [1.29, 1.82) is 0 Å². The second-order valence-electron chi connectivity index (χ2n) is 4.42. The Kier molecular flexibility index (Phi) is 4.97. The molecule has 0 saturated carbocycles. The highest BCUT2D eigenvalue weighted by Gasteiger charge is 2.13. The molecule has 1 aliphatic rings. The zero-order chi connectivity index (χ0) is 12.8. The summed E-state index contributed by atoms with van der Waals surface area (Å²) in [5.74, 6) is -0.357. The summed E-state index contributed by atoms with van der Waals surface area (Å²) >= 11 is 0.